The molecule has 10 heteroatoms. The van der Waals surface area contributed by atoms with E-state index in [1.54, 1.807) is 18.2 Å². The number of rotatable bonds is 6. The standard InChI is InChI=1S/C15H11I2N3O5/c16-10-5-9(6-11(17)15(10)22)7-18-19-14(21)8-25-13-4-2-1-3-12(13)20(23)24/h1-7,22H,8H2,(H,19,21). The molecule has 2 aromatic carbocycles. The third-order valence-corrected chi connectivity index (χ3v) is 4.51. The summed E-state index contributed by atoms with van der Waals surface area (Å²) in [5.74, 6) is -0.355. The summed E-state index contributed by atoms with van der Waals surface area (Å²) in [6, 6.07) is 9.20. The molecule has 0 fully saturated rings. The maximum Gasteiger partial charge on any atom is 0.310 e. The van der Waals surface area contributed by atoms with Crippen molar-refractivity contribution >= 4 is 63.0 Å². The zero-order valence-corrected chi connectivity index (χ0v) is 16.8. The number of carbonyl (C=O) groups excluding carboxylic acids is 1. The van der Waals surface area contributed by atoms with Gasteiger partial charge in [0.25, 0.3) is 5.91 Å². The molecule has 0 heterocycles. The van der Waals surface area contributed by atoms with Crippen molar-refractivity contribution in [3.05, 3.63) is 59.2 Å². The Labute approximate surface area is 169 Å². The summed E-state index contributed by atoms with van der Waals surface area (Å²) >= 11 is 3.98. The molecule has 8 nitrogen and oxygen atoms in total. The van der Waals surface area contributed by atoms with Gasteiger partial charge in [-0.25, -0.2) is 5.43 Å². The molecule has 2 N–H and O–H groups in total. The molecule has 2 rings (SSSR count). The topological polar surface area (TPSA) is 114 Å². The molecular weight excluding hydrogens is 556 g/mol. The SMILES string of the molecule is O=C(COc1ccccc1[N+](=O)[O-])NN=Cc1cc(I)c(O)c(I)c1. The van der Waals surface area contributed by atoms with Gasteiger partial charge in [-0.1, -0.05) is 12.1 Å². The first-order valence-electron chi connectivity index (χ1n) is 6.74. The molecule has 0 aliphatic carbocycles. The van der Waals surface area contributed by atoms with E-state index >= 15 is 0 Å². The lowest BCUT2D eigenvalue weighted by atomic mass is 10.2. The van der Waals surface area contributed by atoms with Gasteiger partial charge in [-0.05, 0) is 68.9 Å². The van der Waals surface area contributed by atoms with Crippen molar-refractivity contribution in [3.63, 3.8) is 0 Å². The molecule has 0 aliphatic heterocycles. The molecule has 0 bridgehead atoms. The number of hydrogen-bond acceptors (Lipinski definition) is 6. The Kier molecular flexibility index (Phi) is 6.92. The van der Waals surface area contributed by atoms with Crippen LogP contribution in [0.1, 0.15) is 5.56 Å². The molecule has 0 unspecified atom stereocenters. The van der Waals surface area contributed by atoms with Crippen LogP contribution >= 0.6 is 45.2 Å². The predicted molar refractivity (Wildman–Crippen MR) is 108 cm³/mol. The number of carbonyl (C=O) groups is 1. The molecule has 0 aromatic heterocycles. The summed E-state index contributed by atoms with van der Waals surface area (Å²) in [6.07, 6.45) is 1.42. The van der Waals surface area contributed by atoms with Crippen LogP contribution in [-0.2, 0) is 4.79 Å². The minimum absolute atomic E-state index is 0.00858. The molecule has 25 heavy (non-hydrogen) atoms. The van der Waals surface area contributed by atoms with Crippen molar-refractivity contribution in [1.29, 1.82) is 0 Å². The number of phenolic OH excluding ortho intramolecular Hbond substituents is 1. The lowest BCUT2D eigenvalue weighted by Gasteiger charge is -2.05. The van der Waals surface area contributed by atoms with E-state index in [4.69, 9.17) is 4.74 Å². The predicted octanol–water partition coefficient (Wildman–Crippen LogP) is 3.04. The zero-order chi connectivity index (χ0) is 18.4. The molecule has 0 atom stereocenters. The summed E-state index contributed by atoms with van der Waals surface area (Å²) in [5.41, 5.74) is 2.76. The van der Waals surface area contributed by atoms with E-state index in [2.05, 4.69) is 10.5 Å². The quantitative estimate of drug-likeness (QED) is 0.241. The van der Waals surface area contributed by atoms with E-state index in [9.17, 15) is 20.0 Å². The van der Waals surface area contributed by atoms with Crippen LogP contribution in [-0.4, -0.2) is 28.8 Å². The van der Waals surface area contributed by atoms with Gasteiger partial charge in [0.05, 0.1) is 18.3 Å². The number of hydrogen-bond donors (Lipinski definition) is 2. The number of benzene rings is 2. The average molecular weight is 567 g/mol. The van der Waals surface area contributed by atoms with Gasteiger partial charge in [-0.2, -0.15) is 5.10 Å². The number of nitrogens with zero attached hydrogens (tertiary/aromatic N) is 2. The van der Waals surface area contributed by atoms with Gasteiger partial charge in [0.2, 0.25) is 0 Å². The Morgan fingerprint density at radius 2 is 1.96 bits per heavy atom. The first kappa shape index (κ1) is 19.4. The largest absolute Gasteiger partial charge is 0.506 e. The highest BCUT2D eigenvalue weighted by atomic mass is 127. The fourth-order valence-corrected chi connectivity index (χ4v) is 3.56. The van der Waals surface area contributed by atoms with Gasteiger partial charge in [-0.15, -0.1) is 0 Å². The van der Waals surface area contributed by atoms with Gasteiger partial charge >= 0.3 is 5.69 Å². The van der Waals surface area contributed by atoms with Gasteiger partial charge in [-0.3, -0.25) is 14.9 Å². The summed E-state index contributed by atoms with van der Waals surface area (Å²) in [5, 5.41) is 24.3. The molecule has 130 valence electrons. The lowest BCUT2D eigenvalue weighted by molar-refractivity contribution is -0.385. The molecule has 0 saturated heterocycles. The number of aromatic hydroxyl groups is 1. The van der Waals surface area contributed by atoms with E-state index < -0.39 is 17.4 Å². The normalized spacial score (nSPS) is 10.6. The van der Waals surface area contributed by atoms with Crippen molar-refractivity contribution in [3.8, 4) is 11.5 Å². The van der Waals surface area contributed by atoms with E-state index in [1.165, 1.54) is 24.4 Å². The first-order chi connectivity index (χ1) is 11.9. The minimum atomic E-state index is -0.584. The van der Waals surface area contributed by atoms with Gasteiger partial charge in [0.1, 0.15) is 5.75 Å². The Morgan fingerprint density at radius 1 is 1.32 bits per heavy atom. The number of nitro benzene ring substituents is 1. The molecule has 1 amide bonds. The molecular formula is C15H11I2N3O5. The van der Waals surface area contributed by atoms with Crippen LogP contribution in [0.4, 0.5) is 5.69 Å². The molecule has 0 radical (unpaired) electrons. The summed E-state index contributed by atoms with van der Waals surface area (Å²) in [7, 11) is 0. The fraction of sp³-hybridized carbons (Fsp3) is 0.0667. The van der Waals surface area contributed by atoms with Gasteiger partial charge in [0.15, 0.2) is 12.4 Å². The molecule has 0 aliphatic rings. The zero-order valence-electron chi connectivity index (χ0n) is 12.5. The highest BCUT2D eigenvalue weighted by molar-refractivity contribution is 14.1. The third-order valence-electron chi connectivity index (χ3n) is 2.86. The number of nitro groups is 1. The maximum absolute atomic E-state index is 11.7. The Hall–Kier alpha value is -1.96. The number of amides is 1. The highest BCUT2D eigenvalue weighted by Crippen LogP contribution is 2.27. The number of halogens is 2. The maximum atomic E-state index is 11.7. The van der Waals surface area contributed by atoms with Crippen LogP contribution in [0.3, 0.4) is 0 Å². The van der Waals surface area contributed by atoms with E-state index in [-0.39, 0.29) is 17.2 Å². The van der Waals surface area contributed by atoms with E-state index in [0.29, 0.717) is 12.7 Å². The third kappa shape index (κ3) is 5.52. The Morgan fingerprint density at radius 3 is 2.60 bits per heavy atom. The molecule has 2 aromatic rings. The smallest absolute Gasteiger partial charge is 0.310 e. The van der Waals surface area contributed by atoms with Gasteiger partial charge < -0.3 is 9.84 Å². The monoisotopic (exact) mass is 567 g/mol. The number of hydrazone groups is 1. The number of para-hydroxylation sites is 2. The van der Waals surface area contributed by atoms with Gasteiger partial charge in [0, 0.05) is 6.07 Å². The van der Waals surface area contributed by atoms with Crippen molar-refractivity contribution in [2.75, 3.05) is 6.61 Å². The van der Waals surface area contributed by atoms with Crippen molar-refractivity contribution in [1.82, 2.24) is 5.43 Å². The van der Waals surface area contributed by atoms with Crippen molar-refractivity contribution in [2.24, 2.45) is 5.10 Å². The number of nitrogens with one attached hydrogen (secondary N) is 1. The summed E-state index contributed by atoms with van der Waals surface area (Å²) < 4.78 is 6.48. The summed E-state index contributed by atoms with van der Waals surface area (Å²) in [6.45, 7) is -0.410. The van der Waals surface area contributed by atoms with Crippen LogP contribution in [0.5, 0.6) is 11.5 Å². The first-order valence-corrected chi connectivity index (χ1v) is 8.90. The van der Waals surface area contributed by atoms with Crippen LogP contribution in [0.15, 0.2) is 41.5 Å². The molecule has 0 saturated carbocycles. The highest BCUT2D eigenvalue weighted by Gasteiger charge is 2.14. The van der Waals surface area contributed by atoms with E-state index in [1.807, 2.05) is 45.2 Å². The Balaban J connectivity index is 1.92. The second-order valence-corrected chi connectivity index (χ2v) is 6.96. The summed E-state index contributed by atoms with van der Waals surface area (Å²) in [4.78, 5) is 22.0. The average Bonchev–Trinajstić information content (AvgIpc) is 2.58. The van der Waals surface area contributed by atoms with Crippen LogP contribution < -0.4 is 10.2 Å². The number of ether oxygens (including phenoxy) is 1. The fourth-order valence-electron chi connectivity index (χ4n) is 1.74. The number of phenols is 1. The second kappa shape index (κ2) is 8.94. The van der Waals surface area contributed by atoms with Crippen LogP contribution in [0.2, 0.25) is 0 Å². The second-order valence-electron chi connectivity index (χ2n) is 4.64. The van der Waals surface area contributed by atoms with Crippen molar-refractivity contribution < 1.29 is 19.6 Å². The minimum Gasteiger partial charge on any atom is -0.506 e. The Bertz CT molecular complexity index is 819. The lowest BCUT2D eigenvalue weighted by Crippen LogP contribution is -2.24. The van der Waals surface area contributed by atoms with Crippen LogP contribution in [0.25, 0.3) is 0 Å². The van der Waals surface area contributed by atoms with Crippen LogP contribution in [0, 0.1) is 17.3 Å². The molecule has 0 spiro atoms. The van der Waals surface area contributed by atoms with E-state index in [0.717, 1.165) is 0 Å². The van der Waals surface area contributed by atoms with Crippen molar-refractivity contribution in [2.45, 2.75) is 0 Å².